The van der Waals surface area contributed by atoms with Gasteiger partial charge >= 0.3 is 5.97 Å². The number of nitrogens with two attached hydrogens (primary N) is 1. The number of rotatable bonds is 6. The molecule has 0 aliphatic carbocycles. The van der Waals surface area contributed by atoms with E-state index >= 15 is 0 Å². The van der Waals surface area contributed by atoms with Crippen LogP contribution in [-0.2, 0) is 15.3 Å². The SMILES string of the molecule is COC(=O)C(C)(N)CC(C)SCc1ccccc1C. The van der Waals surface area contributed by atoms with E-state index in [0.29, 0.717) is 11.7 Å². The Morgan fingerprint density at radius 3 is 2.68 bits per heavy atom. The van der Waals surface area contributed by atoms with E-state index in [1.807, 2.05) is 17.8 Å². The largest absolute Gasteiger partial charge is 0.468 e. The Morgan fingerprint density at radius 2 is 2.11 bits per heavy atom. The van der Waals surface area contributed by atoms with Crippen molar-refractivity contribution in [2.75, 3.05) is 7.11 Å². The lowest BCUT2D eigenvalue weighted by Gasteiger charge is -2.25. The van der Waals surface area contributed by atoms with Gasteiger partial charge in [-0.1, -0.05) is 31.2 Å². The molecular formula is C15H23NO2S. The second kappa shape index (κ2) is 6.96. The fourth-order valence-electron chi connectivity index (χ4n) is 1.98. The summed E-state index contributed by atoms with van der Waals surface area (Å²) in [6.07, 6.45) is 0.607. The van der Waals surface area contributed by atoms with E-state index < -0.39 is 5.54 Å². The third-order valence-corrected chi connectivity index (χ3v) is 4.36. The van der Waals surface area contributed by atoms with Gasteiger partial charge in [0.2, 0.25) is 0 Å². The highest BCUT2D eigenvalue weighted by Gasteiger charge is 2.31. The van der Waals surface area contributed by atoms with Gasteiger partial charge in [0.15, 0.2) is 0 Å². The molecule has 0 aromatic heterocycles. The molecule has 1 aromatic carbocycles. The first-order chi connectivity index (χ1) is 8.86. The van der Waals surface area contributed by atoms with Crippen molar-refractivity contribution >= 4 is 17.7 Å². The topological polar surface area (TPSA) is 52.3 Å². The number of benzene rings is 1. The van der Waals surface area contributed by atoms with Crippen molar-refractivity contribution in [3.63, 3.8) is 0 Å². The number of esters is 1. The predicted octanol–water partition coefficient (Wildman–Crippen LogP) is 2.90. The van der Waals surface area contributed by atoms with Crippen LogP contribution in [0.5, 0.6) is 0 Å². The smallest absolute Gasteiger partial charge is 0.325 e. The predicted molar refractivity (Wildman–Crippen MR) is 81.2 cm³/mol. The van der Waals surface area contributed by atoms with Crippen molar-refractivity contribution < 1.29 is 9.53 Å². The summed E-state index contributed by atoms with van der Waals surface area (Å²) >= 11 is 1.81. The summed E-state index contributed by atoms with van der Waals surface area (Å²) in [6.45, 7) is 5.93. The standard InChI is InChI=1S/C15H23NO2S/c1-11-7-5-6-8-13(11)10-19-12(2)9-15(3,16)14(17)18-4/h5-8,12H,9-10,16H2,1-4H3. The summed E-state index contributed by atoms with van der Waals surface area (Å²) in [7, 11) is 1.37. The van der Waals surface area contributed by atoms with Gasteiger partial charge in [-0.05, 0) is 31.4 Å². The quantitative estimate of drug-likeness (QED) is 0.815. The van der Waals surface area contributed by atoms with Crippen LogP contribution in [0.3, 0.4) is 0 Å². The molecule has 19 heavy (non-hydrogen) atoms. The first kappa shape index (κ1) is 16.1. The molecule has 0 spiro atoms. The first-order valence-corrected chi connectivity index (χ1v) is 7.45. The van der Waals surface area contributed by atoms with Crippen LogP contribution >= 0.6 is 11.8 Å². The Kier molecular flexibility index (Phi) is 5.88. The van der Waals surface area contributed by atoms with E-state index in [0.717, 1.165) is 5.75 Å². The van der Waals surface area contributed by atoms with Crippen LogP contribution in [0.2, 0.25) is 0 Å². The van der Waals surface area contributed by atoms with Gasteiger partial charge in [0.1, 0.15) is 5.54 Å². The molecule has 0 saturated carbocycles. The Labute approximate surface area is 119 Å². The Morgan fingerprint density at radius 1 is 1.47 bits per heavy atom. The summed E-state index contributed by atoms with van der Waals surface area (Å²) < 4.78 is 4.72. The number of thioether (sulfide) groups is 1. The third-order valence-electron chi connectivity index (χ3n) is 3.15. The molecule has 4 heteroatoms. The third kappa shape index (κ3) is 4.88. The van der Waals surface area contributed by atoms with Crippen LogP contribution in [0.15, 0.2) is 24.3 Å². The van der Waals surface area contributed by atoms with Gasteiger partial charge in [-0.25, -0.2) is 0 Å². The maximum absolute atomic E-state index is 11.5. The second-order valence-electron chi connectivity index (χ2n) is 5.16. The summed E-state index contributed by atoms with van der Waals surface area (Å²) in [5.41, 5.74) is 7.70. The minimum absolute atomic E-state index is 0.300. The molecule has 1 rings (SSSR count). The van der Waals surface area contributed by atoms with E-state index in [9.17, 15) is 4.79 Å². The van der Waals surface area contributed by atoms with E-state index in [2.05, 4.69) is 32.0 Å². The van der Waals surface area contributed by atoms with Crippen LogP contribution in [0.1, 0.15) is 31.4 Å². The molecular weight excluding hydrogens is 258 g/mol. The summed E-state index contributed by atoms with van der Waals surface area (Å²) in [6, 6.07) is 8.34. The normalized spacial score (nSPS) is 15.6. The Bertz CT molecular complexity index is 432. The molecule has 1 aromatic rings. The van der Waals surface area contributed by atoms with Crippen molar-refractivity contribution in [3.05, 3.63) is 35.4 Å². The lowest BCUT2D eigenvalue weighted by molar-refractivity contribution is -0.146. The lowest BCUT2D eigenvalue weighted by atomic mass is 9.98. The van der Waals surface area contributed by atoms with Crippen LogP contribution in [0.25, 0.3) is 0 Å². The number of aryl methyl sites for hydroxylation is 1. The number of carbonyl (C=O) groups excluding carboxylic acids is 1. The summed E-state index contributed by atoms with van der Waals surface area (Å²) in [5.74, 6) is 0.585. The lowest BCUT2D eigenvalue weighted by Crippen LogP contribution is -2.47. The molecule has 2 N–H and O–H groups in total. The minimum atomic E-state index is -0.910. The summed E-state index contributed by atoms with van der Waals surface area (Å²) in [4.78, 5) is 11.5. The Balaban J connectivity index is 2.50. The van der Waals surface area contributed by atoms with E-state index in [1.54, 1.807) is 6.92 Å². The highest BCUT2D eigenvalue weighted by molar-refractivity contribution is 7.99. The van der Waals surface area contributed by atoms with Gasteiger partial charge in [-0.2, -0.15) is 11.8 Å². The number of hydrogen-bond acceptors (Lipinski definition) is 4. The van der Waals surface area contributed by atoms with Gasteiger partial charge in [0.25, 0.3) is 0 Å². The average Bonchev–Trinajstić information content (AvgIpc) is 2.36. The molecule has 2 unspecified atom stereocenters. The monoisotopic (exact) mass is 281 g/mol. The fourth-order valence-corrected chi connectivity index (χ4v) is 3.23. The molecule has 2 atom stereocenters. The molecule has 0 saturated heterocycles. The molecule has 0 aliphatic rings. The van der Waals surface area contributed by atoms with E-state index in [-0.39, 0.29) is 5.97 Å². The zero-order valence-electron chi connectivity index (χ0n) is 12.1. The number of methoxy groups -OCH3 is 1. The first-order valence-electron chi connectivity index (χ1n) is 6.40. The highest BCUT2D eigenvalue weighted by atomic mass is 32.2. The number of ether oxygens (including phenoxy) is 1. The highest BCUT2D eigenvalue weighted by Crippen LogP contribution is 2.25. The zero-order chi connectivity index (χ0) is 14.5. The van der Waals surface area contributed by atoms with Crippen molar-refractivity contribution in [3.8, 4) is 0 Å². The maximum atomic E-state index is 11.5. The molecule has 0 amide bonds. The van der Waals surface area contributed by atoms with Gasteiger partial charge < -0.3 is 10.5 Å². The fraction of sp³-hybridized carbons (Fsp3) is 0.533. The van der Waals surface area contributed by atoms with Crippen molar-refractivity contribution in [2.45, 2.75) is 43.7 Å². The number of carbonyl (C=O) groups is 1. The molecule has 0 fully saturated rings. The van der Waals surface area contributed by atoms with E-state index in [1.165, 1.54) is 18.2 Å². The maximum Gasteiger partial charge on any atom is 0.325 e. The molecule has 0 aliphatic heterocycles. The van der Waals surface area contributed by atoms with Gasteiger partial charge in [-0.3, -0.25) is 4.79 Å². The van der Waals surface area contributed by atoms with Crippen LogP contribution in [0, 0.1) is 6.92 Å². The van der Waals surface area contributed by atoms with Crippen molar-refractivity contribution in [2.24, 2.45) is 5.73 Å². The van der Waals surface area contributed by atoms with Crippen LogP contribution < -0.4 is 5.73 Å². The van der Waals surface area contributed by atoms with Crippen LogP contribution in [0.4, 0.5) is 0 Å². The van der Waals surface area contributed by atoms with Gasteiger partial charge in [-0.15, -0.1) is 0 Å². The van der Waals surface area contributed by atoms with Crippen molar-refractivity contribution in [1.82, 2.24) is 0 Å². The van der Waals surface area contributed by atoms with Gasteiger partial charge in [0.05, 0.1) is 7.11 Å². The molecule has 0 heterocycles. The summed E-state index contributed by atoms with van der Waals surface area (Å²) in [5, 5.41) is 0.300. The average molecular weight is 281 g/mol. The van der Waals surface area contributed by atoms with Gasteiger partial charge in [0, 0.05) is 11.0 Å². The molecule has 106 valence electrons. The number of hydrogen-bond donors (Lipinski definition) is 1. The molecule has 0 bridgehead atoms. The second-order valence-corrected chi connectivity index (χ2v) is 6.59. The zero-order valence-corrected chi connectivity index (χ0v) is 12.9. The molecule has 3 nitrogen and oxygen atoms in total. The molecule has 0 radical (unpaired) electrons. The Hall–Kier alpha value is -1.00. The minimum Gasteiger partial charge on any atom is -0.468 e. The van der Waals surface area contributed by atoms with Crippen molar-refractivity contribution in [1.29, 1.82) is 0 Å². The van der Waals surface area contributed by atoms with E-state index in [4.69, 9.17) is 10.5 Å². The van der Waals surface area contributed by atoms with Crippen LogP contribution in [-0.4, -0.2) is 23.9 Å².